The van der Waals surface area contributed by atoms with Gasteiger partial charge in [0, 0.05) is 10.8 Å². The summed E-state index contributed by atoms with van der Waals surface area (Å²) in [5, 5.41) is 9.84. The van der Waals surface area contributed by atoms with Crippen LogP contribution in [0.25, 0.3) is 10.8 Å². The molecule has 1 heterocycles. The number of anilines is 1. The molecule has 84 valence electrons. The van der Waals surface area contributed by atoms with Crippen LogP contribution in [0.1, 0.15) is 6.92 Å². The van der Waals surface area contributed by atoms with Gasteiger partial charge in [0.2, 0.25) is 5.88 Å². The molecular weight excluding hydrogens is 206 g/mol. The van der Waals surface area contributed by atoms with Gasteiger partial charge in [-0.25, -0.2) is 5.48 Å². The van der Waals surface area contributed by atoms with Crippen LogP contribution in [-0.4, -0.2) is 23.9 Å². The van der Waals surface area contributed by atoms with E-state index in [1.807, 2.05) is 31.2 Å². The first-order chi connectivity index (χ1) is 7.86. The number of hydrogen-bond donors (Lipinski definition) is 1. The first-order valence-corrected chi connectivity index (χ1v) is 5.04. The summed E-state index contributed by atoms with van der Waals surface area (Å²) >= 11 is 0. The van der Waals surface area contributed by atoms with E-state index >= 15 is 0 Å². The Labute approximate surface area is 93.3 Å². The fraction of sp³-hybridized carbons (Fsp3) is 0.273. The molecule has 0 saturated carbocycles. The van der Waals surface area contributed by atoms with Crippen molar-refractivity contribution in [3.63, 3.8) is 0 Å². The molecule has 0 spiro atoms. The van der Waals surface area contributed by atoms with Gasteiger partial charge in [-0.15, -0.1) is 10.2 Å². The van der Waals surface area contributed by atoms with Gasteiger partial charge in [-0.3, -0.25) is 4.84 Å². The monoisotopic (exact) mass is 219 g/mol. The lowest BCUT2D eigenvalue weighted by Crippen LogP contribution is -2.03. The average molecular weight is 219 g/mol. The second-order valence-electron chi connectivity index (χ2n) is 3.14. The normalized spacial score (nSPS) is 10.4. The number of nitrogens with zero attached hydrogens (tertiary/aromatic N) is 2. The fourth-order valence-corrected chi connectivity index (χ4v) is 1.49. The average Bonchev–Trinajstić information content (AvgIpc) is 2.33. The Hall–Kier alpha value is -1.88. The SMILES string of the molecule is CCOc1nnc(NOC)c2ccccc12. The third-order valence-corrected chi connectivity index (χ3v) is 2.13. The maximum Gasteiger partial charge on any atom is 0.241 e. The van der Waals surface area contributed by atoms with Crippen LogP contribution in [0.15, 0.2) is 24.3 Å². The molecule has 2 rings (SSSR count). The minimum atomic E-state index is 0.541. The van der Waals surface area contributed by atoms with Gasteiger partial charge in [0.05, 0.1) is 13.7 Å². The molecule has 0 aliphatic rings. The Morgan fingerprint density at radius 3 is 2.62 bits per heavy atom. The third-order valence-electron chi connectivity index (χ3n) is 2.13. The van der Waals surface area contributed by atoms with Crippen LogP contribution >= 0.6 is 0 Å². The zero-order valence-electron chi connectivity index (χ0n) is 9.23. The van der Waals surface area contributed by atoms with Gasteiger partial charge in [-0.2, -0.15) is 0 Å². The number of hydrogen-bond acceptors (Lipinski definition) is 5. The Morgan fingerprint density at radius 2 is 1.94 bits per heavy atom. The molecule has 16 heavy (non-hydrogen) atoms. The van der Waals surface area contributed by atoms with Crippen LogP contribution in [0.5, 0.6) is 5.88 Å². The standard InChI is InChI=1S/C11H13N3O2/c1-3-16-11-9-7-5-4-6-8(9)10(12-13-11)14-15-2/h4-7H,3H2,1-2H3,(H,12,14). The molecule has 0 amide bonds. The summed E-state index contributed by atoms with van der Waals surface area (Å²) in [5.74, 6) is 1.13. The predicted octanol–water partition coefficient (Wildman–Crippen LogP) is 2.00. The number of benzene rings is 1. The zero-order chi connectivity index (χ0) is 11.4. The van der Waals surface area contributed by atoms with Crippen LogP contribution in [0.2, 0.25) is 0 Å². The van der Waals surface area contributed by atoms with Gasteiger partial charge < -0.3 is 4.74 Å². The highest BCUT2D eigenvalue weighted by atomic mass is 16.6. The lowest BCUT2D eigenvalue weighted by Gasteiger charge is -2.09. The summed E-state index contributed by atoms with van der Waals surface area (Å²) in [6.07, 6.45) is 0. The quantitative estimate of drug-likeness (QED) is 0.797. The molecular formula is C11H13N3O2. The molecule has 0 aliphatic carbocycles. The minimum absolute atomic E-state index is 0.541. The Bertz CT molecular complexity index is 443. The third kappa shape index (κ3) is 1.90. The highest BCUT2D eigenvalue weighted by Crippen LogP contribution is 2.27. The first kappa shape index (κ1) is 10.6. The van der Waals surface area contributed by atoms with E-state index in [4.69, 9.17) is 9.57 Å². The van der Waals surface area contributed by atoms with Crippen molar-refractivity contribution in [3.05, 3.63) is 24.3 Å². The van der Waals surface area contributed by atoms with E-state index < -0.39 is 0 Å². The summed E-state index contributed by atoms with van der Waals surface area (Å²) in [7, 11) is 1.53. The highest BCUT2D eigenvalue weighted by molar-refractivity contribution is 5.94. The molecule has 0 aliphatic heterocycles. The van der Waals surface area contributed by atoms with Crippen molar-refractivity contribution in [2.75, 3.05) is 19.2 Å². The van der Waals surface area contributed by atoms with Crippen LogP contribution < -0.4 is 10.2 Å². The Morgan fingerprint density at radius 1 is 1.19 bits per heavy atom. The van der Waals surface area contributed by atoms with Gasteiger partial charge in [0.1, 0.15) is 0 Å². The zero-order valence-corrected chi connectivity index (χ0v) is 9.23. The molecule has 5 heteroatoms. The first-order valence-electron chi connectivity index (χ1n) is 5.04. The van der Waals surface area contributed by atoms with Gasteiger partial charge in [0.25, 0.3) is 0 Å². The van der Waals surface area contributed by atoms with Crippen molar-refractivity contribution in [2.24, 2.45) is 0 Å². The van der Waals surface area contributed by atoms with E-state index in [-0.39, 0.29) is 0 Å². The van der Waals surface area contributed by atoms with E-state index in [1.165, 1.54) is 7.11 Å². The molecule has 1 aromatic heterocycles. The van der Waals surface area contributed by atoms with E-state index in [2.05, 4.69) is 15.7 Å². The van der Waals surface area contributed by atoms with Crippen molar-refractivity contribution in [1.29, 1.82) is 0 Å². The largest absolute Gasteiger partial charge is 0.476 e. The molecule has 5 nitrogen and oxygen atoms in total. The topological polar surface area (TPSA) is 56.3 Å². The molecule has 0 saturated heterocycles. The van der Waals surface area contributed by atoms with Gasteiger partial charge in [-0.1, -0.05) is 18.2 Å². The fourth-order valence-electron chi connectivity index (χ4n) is 1.49. The van der Waals surface area contributed by atoms with E-state index in [1.54, 1.807) is 0 Å². The lowest BCUT2D eigenvalue weighted by atomic mass is 10.2. The van der Waals surface area contributed by atoms with Crippen LogP contribution in [0.3, 0.4) is 0 Å². The molecule has 0 bridgehead atoms. The molecule has 1 N–H and O–H groups in total. The number of rotatable bonds is 4. The second-order valence-corrected chi connectivity index (χ2v) is 3.14. The van der Waals surface area contributed by atoms with Gasteiger partial charge in [0.15, 0.2) is 5.82 Å². The van der Waals surface area contributed by atoms with E-state index in [0.29, 0.717) is 18.3 Å². The lowest BCUT2D eigenvalue weighted by molar-refractivity contribution is 0.268. The summed E-state index contributed by atoms with van der Waals surface area (Å²) in [6.45, 7) is 2.48. The maximum absolute atomic E-state index is 5.41. The van der Waals surface area contributed by atoms with Gasteiger partial charge >= 0.3 is 0 Å². The van der Waals surface area contributed by atoms with Crippen molar-refractivity contribution in [1.82, 2.24) is 10.2 Å². The Balaban J connectivity index is 2.57. The van der Waals surface area contributed by atoms with Crippen LogP contribution in [0, 0.1) is 0 Å². The molecule has 0 unspecified atom stereocenters. The van der Waals surface area contributed by atoms with Crippen molar-refractivity contribution >= 4 is 16.6 Å². The molecule has 1 aromatic carbocycles. The summed E-state index contributed by atoms with van der Waals surface area (Å²) in [6, 6.07) is 7.74. The number of aromatic nitrogens is 2. The summed E-state index contributed by atoms with van der Waals surface area (Å²) in [4.78, 5) is 4.84. The summed E-state index contributed by atoms with van der Waals surface area (Å²) in [5.41, 5.74) is 2.69. The Kier molecular flexibility index (Phi) is 3.16. The van der Waals surface area contributed by atoms with E-state index in [0.717, 1.165) is 10.8 Å². The molecule has 0 radical (unpaired) electrons. The molecule has 0 fully saturated rings. The minimum Gasteiger partial charge on any atom is -0.476 e. The number of fused-ring (bicyclic) bond motifs is 1. The van der Waals surface area contributed by atoms with Crippen molar-refractivity contribution in [2.45, 2.75) is 6.92 Å². The highest BCUT2D eigenvalue weighted by Gasteiger charge is 2.08. The molecule has 2 aromatic rings. The number of nitrogens with one attached hydrogen (secondary N) is 1. The van der Waals surface area contributed by atoms with Crippen molar-refractivity contribution in [3.8, 4) is 5.88 Å². The van der Waals surface area contributed by atoms with Crippen LogP contribution in [0.4, 0.5) is 5.82 Å². The van der Waals surface area contributed by atoms with Gasteiger partial charge in [-0.05, 0) is 13.0 Å². The number of ether oxygens (including phenoxy) is 1. The smallest absolute Gasteiger partial charge is 0.241 e. The van der Waals surface area contributed by atoms with Crippen LogP contribution in [-0.2, 0) is 4.84 Å². The summed E-state index contributed by atoms with van der Waals surface area (Å²) < 4.78 is 5.41. The van der Waals surface area contributed by atoms with Crippen molar-refractivity contribution < 1.29 is 9.57 Å². The van der Waals surface area contributed by atoms with E-state index in [9.17, 15) is 0 Å². The second kappa shape index (κ2) is 4.76. The maximum atomic E-state index is 5.41. The predicted molar refractivity (Wildman–Crippen MR) is 61.3 cm³/mol. The molecule has 0 atom stereocenters.